The van der Waals surface area contributed by atoms with Crippen molar-refractivity contribution in [1.82, 2.24) is 10.2 Å². The second-order valence-corrected chi connectivity index (χ2v) is 6.00. The van der Waals surface area contributed by atoms with Crippen molar-refractivity contribution in [1.29, 1.82) is 0 Å². The van der Waals surface area contributed by atoms with Crippen molar-refractivity contribution in [2.24, 2.45) is 11.8 Å². The summed E-state index contributed by atoms with van der Waals surface area (Å²) in [5, 5.41) is 3.40. The molecule has 0 aliphatic rings. The van der Waals surface area contributed by atoms with Crippen molar-refractivity contribution < 1.29 is 4.74 Å². The van der Waals surface area contributed by atoms with E-state index in [4.69, 9.17) is 4.74 Å². The van der Waals surface area contributed by atoms with Crippen LogP contribution in [0.15, 0.2) is 0 Å². The van der Waals surface area contributed by atoms with E-state index in [1.807, 2.05) is 0 Å². The SMILES string of the molecule is COCCNCCCCN(CC(C)C)CC(C)C. The molecular weight excluding hydrogens is 224 g/mol. The van der Waals surface area contributed by atoms with E-state index < -0.39 is 0 Å². The molecule has 0 bridgehead atoms. The van der Waals surface area contributed by atoms with Gasteiger partial charge in [-0.3, -0.25) is 0 Å². The third-order valence-corrected chi connectivity index (χ3v) is 2.81. The van der Waals surface area contributed by atoms with Crippen LogP contribution in [0.3, 0.4) is 0 Å². The number of nitrogens with one attached hydrogen (secondary N) is 1. The first-order valence-corrected chi connectivity index (χ1v) is 7.48. The molecular formula is C15H34N2O. The summed E-state index contributed by atoms with van der Waals surface area (Å²) in [6.45, 7) is 15.8. The van der Waals surface area contributed by atoms with Crippen LogP contribution in [0.5, 0.6) is 0 Å². The van der Waals surface area contributed by atoms with Crippen molar-refractivity contribution in [2.75, 3.05) is 46.4 Å². The minimum Gasteiger partial charge on any atom is -0.383 e. The van der Waals surface area contributed by atoms with Gasteiger partial charge in [0.1, 0.15) is 0 Å². The van der Waals surface area contributed by atoms with Crippen LogP contribution < -0.4 is 5.32 Å². The molecule has 0 atom stereocenters. The summed E-state index contributed by atoms with van der Waals surface area (Å²) >= 11 is 0. The zero-order valence-electron chi connectivity index (χ0n) is 13.2. The lowest BCUT2D eigenvalue weighted by molar-refractivity contribution is 0.198. The van der Waals surface area contributed by atoms with Gasteiger partial charge in [-0.1, -0.05) is 27.7 Å². The summed E-state index contributed by atoms with van der Waals surface area (Å²) in [6, 6.07) is 0. The van der Waals surface area contributed by atoms with E-state index >= 15 is 0 Å². The number of hydrogen-bond donors (Lipinski definition) is 1. The molecule has 0 saturated heterocycles. The van der Waals surface area contributed by atoms with Gasteiger partial charge in [-0.05, 0) is 37.8 Å². The van der Waals surface area contributed by atoms with E-state index in [9.17, 15) is 0 Å². The Hall–Kier alpha value is -0.120. The van der Waals surface area contributed by atoms with Crippen LogP contribution in [0.1, 0.15) is 40.5 Å². The number of hydrogen-bond acceptors (Lipinski definition) is 3. The first-order chi connectivity index (χ1) is 8.56. The van der Waals surface area contributed by atoms with Gasteiger partial charge in [0.2, 0.25) is 0 Å². The Balaban J connectivity index is 3.56. The molecule has 0 aliphatic heterocycles. The molecule has 0 aromatic carbocycles. The van der Waals surface area contributed by atoms with Crippen LogP contribution in [0.2, 0.25) is 0 Å². The number of ether oxygens (including phenoxy) is 1. The fourth-order valence-electron chi connectivity index (χ4n) is 2.17. The van der Waals surface area contributed by atoms with Crippen LogP contribution in [0.25, 0.3) is 0 Å². The summed E-state index contributed by atoms with van der Waals surface area (Å²) in [6.07, 6.45) is 2.55. The molecule has 3 nitrogen and oxygen atoms in total. The first kappa shape index (κ1) is 17.9. The molecule has 3 heteroatoms. The molecule has 110 valence electrons. The van der Waals surface area contributed by atoms with Gasteiger partial charge in [0.05, 0.1) is 6.61 Å². The molecule has 0 heterocycles. The second kappa shape index (κ2) is 11.9. The van der Waals surface area contributed by atoms with E-state index in [1.165, 1.54) is 32.5 Å². The summed E-state index contributed by atoms with van der Waals surface area (Å²) in [7, 11) is 1.75. The minimum absolute atomic E-state index is 0.767. The Morgan fingerprint density at radius 3 is 2.06 bits per heavy atom. The van der Waals surface area contributed by atoms with Crippen LogP contribution in [0, 0.1) is 11.8 Å². The Bertz CT molecular complexity index is 162. The molecule has 0 aliphatic carbocycles. The fraction of sp³-hybridized carbons (Fsp3) is 1.00. The predicted octanol–water partition coefficient (Wildman–Crippen LogP) is 2.62. The van der Waals surface area contributed by atoms with Crippen molar-refractivity contribution in [3.8, 4) is 0 Å². The van der Waals surface area contributed by atoms with Crippen molar-refractivity contribution in [3.63, 3.8) is 0 Å². The normalized spacial score (nSPS) is 12.0. The van der Waals surface area contributed by atoms with Crippen LogP contribution in [-0.4, -0.2) is 51.3 Å². The van der Waals surface area contributed by atoms with Gasteiger partial charge in [0.25, 0.3) is 0 Å². The van der Waals surface area contributed by atoms with Gasteiger partial charge in [0.15, 0.2) is 0 Å². The highest BCUT2D eigenvalue weighted by atomic mass is 16.5. The molecule has 0 spiro atoms. The lowest BCUT2D eigenvalue weighted by Crippen LogP contribution is -2.32. The maximum absolute atomic E-state index is 5.00. The molecule has 0 radical (unpaired) electrons. The Labute approximate surface area is 114 Å². The molecule has 0 rings (SSSR count). The third kappa shape index (κ3) is 12.3. The molecule has 0 unspecified atom stereocenters. The lowest BCUT2D eigenvalue weighted by atomic mass is 10.1. The van der Waals surface area contributed by atoms with Crippen molar-refractivity contribution in [2.45, 2.75) is 40.5 Å². The molecule has 0 saturated carbocycles. The summed E-state index contributed by atoms with van der Waals surface area (Å²) < 4.78 is 5.00. The molecule has 0 aromatic heterocycles. The van der Waals surface area contributed by atoms with Gasteiger partial charge in [-0.2, -0.15) is 0 Å². The van der Waals surface area contributed by atoms with Gasteiger partial charge in [-0.25, -0.2) is 0 Å². The average molecular weight is 258 g/mol. The van der Waals surface area contributed by atoms with E-state index in [0.29, 0.717) is 0 Å². The molecule has 18 heavy (non-hydrogen) atoms. The van der Waals surface area contributed by atoms with E-state index in [2.05, 4.69) is 37.9 Å². The van der Waals surface area contributed by atoms with E-state index in [1.54, 1.807) is 7.11 Å². The Kier molecular flexibility index (Phi) is 11.9. The summed E-state index contributed by atoms with van der Waals surface area (Å²) in [4.78, 5) is 2.62. The quantitative estimate of drug-likeness (QED) is 0.545. The number of rotatable bonds is 12. The zero-order chi connectivity index (χ0) is 13.8. The second-order valence-electron chi connectivity index (χ2n) is 6.00. The topological polar surface area (TPSA) is 24.5 Å². The molecule has 1 N–H and O–H groups in total. The van der Waals surface area contributed by atoms with Gasteiger partial charge in [0, 0.05) is 26.7 Å². The number of nitrogens with zero attached hydrogens (tertiary/aromatic N) is 1. The fourth-order valence-corrected chi connectivity index (χ4v) is 2.17. The average Bonchev–Trinajstić information content (AvgIpc) is 2.26. The first-order valence-electron chi connectivity index (χ1n) is 7.48. The van der Waals surface area contributed by atoms with Crippen LogP contribution in [0.4, 0.5) is 0 Å². The van der Waals surface area contributed by atoms with E-state index in [0.717, 1.165) is 31.5 Å². The van der Waals surface area contributed by atoms with Gasteiger partial charge < -0.3 is 15.0 Å². The van der Waals surface area contributed by atoms with Gasteiger partial charge >= 0.3 is 0 Å². The maximum atomic E-state index is 5.00. The molecule has 0 amide bonds. The largest absolute Gasteiger partial charge is 0.383 e. The number of methoxy groups -OCH3 is 1. The standard InChI is InChI=1S/C15H34N2O/c1-14(2)12-17(13-15(3)4)10-7-6-8-16-9-11-18-5/h14-16H,6-13H2,1-5H3. The van der Waals surface area contributed by atoms with Crippen LogP contribution >= 0.6 is 0 Å². The zero-order valence-corrected chi connectivity index (χ0v) is 13.2. The lowest BCUT2D eigenvalue weighted by Gasteiger charge is -2.26. The minimum atomic E-state index is 0.767. The Morgan fingerprint density at radius 1 is 0.944 bits per heavy atom. The van der Waals surface area contributed by atoms with Gasteiger partial charge in [-0.15, -0.1) is 0 Å². The third-order valence-electron chi connectivity index (χ3n) is 2.81. The number of unbranched alkanes of at least 4 members (excludes halogenated alkanes) is 1. The highest BCUT2D eigenvalue weighted by Crippen LogP contribution is 2.05. The summed E-state index contributed by atoms with van der Waals surface area (Å²) in [5.41, 5.74) is 0. The Morgan fingerprint density at radius 2 is 1.56 bits per heavy atom. The van der Waals surface area contributed by atoms with Crippen molar-refractivity contribution >= 4 is 0 Å². The molecule has 0 aromatic rings. The highest BCUT2D eigenvalue weighted by Gasteiger charge is 2.08. The smallest absolute Gasteiger partial charge is 0.0587 e. The van der Waals surface area contributed by atoms with Crippen LogP contribution in [-0.2, 0) is 4.74 Å². The predicted molar refractivity (Wildman–Crippen MR) is 80.1 cm³/mol. The monoisotopic (exact) mass is 258 g/mol. The highest BCUT2D eigenvalue weighted by molar-refractivity contribution is 4.63. The summed E-state index contributed by atoms with van der Waals surface area (Å²) in [5.74, 6) is 1.53. The van der Waals surface area contributed by atoms with Crippen molar-refractivity contribution in [3.05, 3.63) is 0 Å². The van der Waals surface area contributed by atoms with E-state index in [-0.39, 0.29) is 0 Å². The molecule has 0 fully saturated rings. The maximum Gasteiger partial charge on any atom is 0.0587 e.